The van der Waals surface area contributed by atoms with E-state index in [0.717, 1.165) is 0 Å². The molecule has 0 aliphatic carbocycles. The van der Waals surface area contributed by atoms with Crippen LogP contribution in [0.25, 0.3) is 0 Å². The Morgan fingerprint density at radius 2 is 1.82 bits per heavy atom. The Kier molecular flexibility index (Phi) is 4.24. The molecule has 0 saturated carbocycles. The van der Waals surface area contributed by atoms with Crippen LogP contribution in [0.1, 0.15) is 23.3 Å². The zero-order valence-electron chi connectivity index (χ0n) is 9.97. The Morgan fingerprint density at radius 1 is 1.06 bits per heavy atom. The topological polar surface area (TPSA) is 26.0 Å². The second kappa shape index (κ2) is 5.89. The van der Waals surface area contributed by atoms with Gasteiger partial charge in [-0.05, 0) is 30.2 Å². The molecule has 2 rings (SSSR count). The number of thioether (sulfide) groups is 1. The van der Waals surface area contributed by atoms with E-state index in [9.17, 15) is 0 Å². The van der Waals surface area contributed by atoms with Crippen LogP contribution in [0.2, 0.25) is 0 Å². The Hall–Kier alpha value is -1.25. The molecule has 0 bridgehead atoms. The van der Waals surface area contributed by atoms with Crippen LogP contribution in [0.5, 0.6) is 0 Å². The third-order valence-corrected chi connectivity index (χ3v) is 3.87. The minimum Gasteiger partial charge on any atom is -0.326 e. The summed E-state index contributed by atoms with van der Waals surface area (Å²) in [7, 11) is 0. The van der Waals surface area contributed by atoms with E-state index in [1.54, 1.807) is 0 Å². The summed E-state index contributed by atoms with van der Waals surface area (Å²) in [4.78, 5) is 1.28. The third kappa shape index (κ3) is 3.35. The second-order valence-electron chi connectivity index (χ2n) is 4.02. The summed E-state index contributed by atoms with van der Waals surface area (Å²) in [6, 6.07) is 19.0. The molecule has 0 spiro atoms. The minimum absolute atomic E-state index is 0.462. The number of hydrogen-bond donors (Lipinski definition) is 1. The van der Waals surface area contributed by atoms with Crippen LogP contribution in [0.4, 0.5) is 0 Å². The van der Waals surface area contributed by atoms with E-state index < -0.39 is 0 Å². The van der Waals surface area contributed by atoms with Crippen molar-refractivity contribution in [3.63, 3.8) is 0 Å². The maximum Gasteiger partial charge on any atom is 0.0316 e. The highest BCUT2D eigenvalue weighted by Crippen LogP contribution is 2.34. The molecule has 0 aromatic heterocycles. The number of hydrogen-bond acceptors (Lipinski definition) is 2. The Morgan fingerprint density at radius 3 is 2.53 bits per heavy atom. The number of nitrogens with two attached hydrogens (primary N) is 1. The number of benzene rings is 2. The van der Waals surface area contributed by atoms with Gasteiger partial charge in [-0.1, -0.05) is 42.5 Å². The molecule has 2 aromatic rings. The Balaban J connectivity index is 2.10. The molecule has 0 amide bonds. The van der Waals surface area contributed by atoms with Crippen LogP contribution in [-0.4, -0.2) is 0 Å². The highest BCUT2D eigenvalue weighted by Gasteiger charge is 2.06. The maximum absolute atomic E-state index is 5.65. The van der Waals surface area contributed by atoms with Gasteiger partial charge in [-0.25, -0.2) is 0 Å². The highest BCUT2D eigenvalue weighted by atomic mass is 32.2. The predicted octanol–water partition coefficient (Wildman–Crippen LogP) is 4.00. The van der Waals surface area contributed by atoms with Gasteiger partial charge in [0.2, 0.25) is 0 Å². The summed E-state index contributed by atoms with van der Waals surface area (Å²) in [5.74, 6) is 0. The van der Waals surface area contributed by atoms with E-state index in [1.807, 2.05) is 11.8 Å². The van der Waals surface area contributed by atoms with Crippen LogP contribution < -0.4 is 5.73 Å². The van der Waals surface area contributed by atoms with Crippen LogP contribution in [-0.2, 0) is 6.54 Å². The van der Waals surface area contributed by atoms with Crippen LogP contribution >= 0.6 is 11.8 Å². The van der Waals surface area contributed by atoms with Crippen molar-refractivity contribution in [1.29, 1.82) is 0 Å². The van der Waals surface area contributed by atoms with Gasteiger partial charge >= 0.3 is 0 Å². The van der Waals surface area contributed by atoms with E-state index in [-0.39, 0.29) is 0 Å². The molecule has 0 aliphatic heterocycles. The van der Waals surface area contributed by atoms with Crippen molar-refractivity contribution in [2.75, 3.05) is 0 Å². The quantitative estimate of drug-likeness (QED) is 0.821. The zero-order chi connectivity index (χ0) is 12.1. The summed E-state index contributed by atoms with van der Waals surface area (Å²) in [5.41, 5.74) is 8.20. The lowest BCUT2D eigenvalue weighted by atomic mass is 10.2. The lowest BCUT2D eigenvalue weighted by Gasteiger charge is -2.12. The first-order chi connectivity index (χ1) is 8.29. The molecule has 0 aliphatic rings. The first-order valence-corrected chi connectivity index (χ1v) is 6.68. The van der Waals surface area contributed by atoms with Gasteiger partial charge in [0.05, 0.1) is 0 Å². The van der Waals surface area contributed by atoms with E-state index in [4.69, 9.17) is 5.73 Å². The van der Waals surface area contributed by atoms with Crippen molar-refractivity contribution >= 4 is 11.8 Å². The van der Waals surface area contributed by atoms with E-state index in [0.29, 0.717) is 11.8 Å². The van der Waals surface area contributed by atoms with Crippen molar-refractivity contribution in [1.82, 2.24) is 0 Å². The Bertz CT molecular complexity index is 467. The van der Waals surface area contributed by atoms with Gasteiger partial charge < -0.3 is 5.73 Å². The molecule has 1 unspecified atom stereocenters. The summed E-state index contributed by atoms with van der Waals surface area (Å²) >= 11 is 1.87. The molecule has 88 valence electrons. The third-order valence-electron chi connectivity index (χ3n) is 2.72. The first-order valence-electron chi connectivity index (χ1n) is 5.80. The molecule has 0 saturated heterocycles. The normalized spacial score (nSPS) is 12.4. The van der Waals surface area contributed by atoms with Gasteiger partial charge in [0.15, 0.2) is 0 Å². The first kappa shape index (κ1) is 12.2. The Labute approximate surface area is 107 Å². The van der Waals surface area contributed by atoms with Gasteiger partial charge in [0.1, 0.15) is 0 Å². The van der Waals surface area contributed by atoms with Gasteiger partial charge in [0, 0.05) is 16.7 Å². The molecular weight excluding hydrogens is 226 g/mol. The summed E-state index contributed by atoms with van der Waals surface area (Å²) in [6.07, 6.45) is 0. The fraction of sp³-hybridized carbons (Fsp3) is 0.200. The second-order valence-corrected chi connectivity index (χ2v) is 5.44. The lowest BCUT2D eigenvalue weighted by molar-refractivity contribution is 1.05. The number of rotatable bonds is 4. The smallest absolute Gasteiger partial charge is 0.0316 e. The minimum atomic E-state index is 0.462. The van der Waals surface area contributed by atoms with Crippen LogP contribution in [0.15, 0.2) is 59.5 Å². The van der Waals surface area contributed by atoms with Crippen molar-refractivity contribution < 1.29 is 0 Å². The van der Waals surface area contributed by atoms with Crippen molar-refractivity contribution in [3.8, 4) is 0 Å². The largest absolute Gasteiger partial charge is 0.326 e. The van der Waals surface area contributed by atoms with Crippen molar-refractivity contribution in [3.05, 3.63) is 65.7 Å². The van der Waals surface area contributed by atoms with Crippen molar-refractivity contribution in [2.45, 2.75) is 23.6 Å². The fourth-order valence-electron chi connectivity index (χ4n) is 1.74. The molecule has 0 heterocycles. The summed E-state index contributed by atoms with van der Waals surface area (Å²) < 4.78 is 0. The SMILES string of the molecule is CC(Sc1cccc(CN)c1)c1ccccc1. The predicted molar refractivity (Wildman–Crippen MR) is 75.0 cm³/mol. The molecular formula is C15H17NS. The zero-order valence-corrected chi connectivity index (χ0v) is 10.8. The molecule has 2 heteroatoms. The van der Waals surface area contributed by atoms with Gasteiger partial charge in [-0.15, -0.1) is 11.8 Å². The van der Waals surface area contributed by atoms with E-state index >= 15 is 0 Å². The maximum atomic E-state index is 5.65. The van der Waals surface area contributed by atoms with Gasteiger partial charge in [0.25, 0.3) is 0 Å². The average molecular weight is 243 g/mol. The molecule has 17 heavy (non-hydrogen) atoms. The molecule has 0 fully saturated rings. The standard InChI is InChI=1S/C15H17NS/c1-12(14-7-3-2-4-8-14)17-15-9-5-6-13(10-15)11-16/h2-10,12H,11,16H2,1H3. The van der Waals surface area contributed by atoms with Crippen LogP contribution in [0, 0.1) is 0 Å². The van der Waals surface area contributed by atoms with Crippen LogP contribution in [0.3, 0.4) is 0 Å². The average Bonchev–Trinajstić information content (AvgIpc) is 2.40. The van der Waals surface area contributed by atoms with Gasteiger partial charge in [-0.2, -0.15) is 0 Å². The fourth-order valence-corrected chi connectivity index (χ4v) is 2.82. The molecule has 0 radical (unpaired) electrons. The summed E-state index contributed by atoms with van der Waals surface area (Å²) in [5, 5.41) is 0.462. The monoisotopic (exact) mass is 243 g/mol. The molecule has 2 aromatic carbocycles. The summed E-state index contributed by atoms with van der Waals surface area (Å²) in [6.45, 7) is 2.84. The lowest BCUT2D eigenvalue weighted by Crippen LogP contribution is -1.96. The van der Waals surface area contributed by atoms with E-state index in [1.165, 1.54) is 16.0 Å². The molecule has 1 atom stereocenters. The van der Waals surface area contributed by atoms with Crippen molar-refractivity contribution in [2.24, 2.45) is 5.73 Å². The molecule has 1 nitrogen and oxygen atoms in total. The van der Waals surface area contributed by atoms with Gasteiger partial charge in [-0.3, -0.25) is 0 Å². The highest BCUT2D eigenvalue weighted by molar-refractivity contribution is 7.99. The molecule has 2 N–H and O–H groups in total. The van der Waals surface area contributed by atoms with E-state index in [2.05, 4.69) is 61.5 Å².